The minimum absolute atomic E-state index is 0.141. The summed E-state index contributed by atoms with van der Waals surface area (Å²) in [6.45, 7) is 2.51. The van der Waals surface area contributed by atoms with Crippen molar-refractivity contribution in [2.24, 2.45) is 0 Å². The van der Waals surface area contributed by atoms with Crippen molar-refractivity contribution in [3.63, 3.8) is 0 Å². The molecular weight excluding hydrogens is 337 g/mol. The molecule has 0 amide bonds. The molecular formula is C16H17BrFNO2. The average molecular weight is 354 g/mol. The lowest BCUT2D eigenvalue weighted by molar-refractivity contribution is 0.117. The van der Waals surface area contributed by atoms with Crippen LogP contribution in [0.5, 0.6) is 5.75 Å². The minimum atomic E-state index is -0.664. The number of hydrogen-bond donors (Lipinski definition) is 2. The van der Waals surface area contributed by atoms with E-state index in [4.69, 9.17) is 4.74 Å². The fourth-order valence-corrected chi connectivity index (χ4v) is 2.20. The molecule has 0 saturated heterocycles. The monoisotopic (exact) mass is 353 g/mol. The first-order valence-corrected chi connectivity index (χ1v) is 7.41. The Bertz CT molecular complexity index is 589. The SMILES string of the molecule is Cc1cccc(NCC(O)COc2ccc(F)cc2)c1Br. The number of hydrogen-bond acceptors (Lipinski definition) is 3. The molecule has 0 spiro atoms. The predicted molar refractivity (Wildman–Crippen MR) is 85.3 cm³/mol. The number of halogens is 2. The van der Waals surface area contributed by atoms with Crippen molar-refractivity contribution < 1.29 is 14.2 Å². The Morgan fingerprint density at radius 1 is 1.24 bits per heavy atom. The van der Waals surface area contributed by atoms with Gasteiger partial charge in [-0.15, -0.1) is 0 Å². The van der Waals surface area contributed by atoms with Crippen molar-refractivity contribution in [1.82, 2.24) is 0 Å². The maximum Gasteiger partial charge on any atom is 0.123 e. The molecule has 0 fully saturated rings. The van der Waals surface area contributed by atoms with Crippen molar-refractivity contribution in [3.8, 4) is 5.75 Å². The lowest BCUT2D eigenvalue weighted by Gasteiger charge is -2.15. The summed E-state index contributed by atoms with van der Waals surface area (Å²) in [7, 11) is 0. The molecule has 0 saturated carbocycles. The Labute approximate surface area is 131 Å². The van der Waals surface area contributed by atoms with Crippen LogP contribution in [0.3, 0.4) is 0 Å². The molecule has 0 aliphatic carbocycles. The van der Waals surface area contributed by atoms with Crippen LogP contribution in [0.15, 0.2) is 46.9 Å². The zero-order chi connectivity index (χ0) is 15.2. The largest absolute Gasteiger partial charge is 0.491 e. The van der Waals surface area contributed by atoms with Crippen LogP contribution in [0, 0.1) is 12.7 Å². The van der Waals surface area contributed by atoms with Gasteiger partial charge < -0.3 is 15.2 Å². The van der Waals surface area contributed by atoms with Crippen molar-refractivity contribution in [2.45, 2.75) is 13.0 Å². The molecule has 0 aliphatic rings. The summed E-state index contributed by atoms with van der Waals surface area (Å²) >= 11 is 3.50. The molecule has 1 unspecified atom stereocenters. The van der Waals surface area contributed by atoms with Crippen molar-refractivity contribution in [1.29, 1.82) is 0 Å². The van der Waals surface area contributed by atoms with Crippen molar-refractivity contribution >= 4 is 21.6 Å². The van der Waals surface area contributed by atoms with Crippen LogP contribution in [-0.4, -0.2) is 24.4 Å². The number of nitrogens with one attached hydrogen (secondary N) is 1. The first kappa shape index (κ1) is 15.8. The normalized spacial score (nSPS) is 12.0. The molecule has 3 nitrogen and oxygen atoms in total. The summed E-state index contributed by atoms with van der Waals surface area (Å²) in [6, 6.07) is 11.6. The summed E-state index contributed by atoms with van der Waals surface area (Å²) in [6.07, 6.45) is -0.664. The smallest absolute Gasteiger partial charge is 0.123 e. The van der Waals surface area contributed by atoms with E-state index in [1.54, 1.807) is 0 Å². The van der Waals surface area contributed by atoms with Crippen LogP contribution in [0.2, 0.25) is 0 Å². The van der Waals surface area contributed by atoms with E-state index in [-0.39, 0.29) is 12.4 Å². The number of aliphatic hydroxyl groups excluding tert-OH is 1. The average Bonchev–Trinajstić information content (AvgIpc) is 2.48. The molecule has 1 atom stereocenters. The minimum Gasteiger partial charge on any atom is -0.491 e. The fraction of sp³-hybridized carbons (Fsp3) is 0.250. The van der Waals surface area contributed by atoms with Gasteiger partial charge in [0.15, 0.2) is 0 Å². The van der Waals surface area contributed by atoms with Crippen LogP contribution >= 0.6 is 15.9 Å². The highest BCUT2D eigenvalue weighted by Gasteiger charge is 2.07. The van der Waals surface area contributed by atoms with E-state index in [9.17, 15) is 9.50 Å². The summed E-state index contributed by atoms with van der Waals surface area (Å²) in [5, 5.41) is 13.1. The predicted octanol–water partition coefficient (Wildman–Crippen LogP) is 3.75. The highest BCUT2D eigenvalue weighted by Crippen LogP contribution is 2.25. The first-order chi connectivity index (χ1) is 10.1. The second kappa shape index (κ2) is 7.43. The number of aliphatic hydroxyl groups is 1. The molecule has 5 heteroatoms. The number of aryl methyl sites for hydroxylation is 1. The van der Waals surface area contributed by atoms with Gasteiger partial charge in [0.2, 0.25) is 0 Å². The second-order valence-corrected chi connectivity index (χ2v) is 5.53. The van der Waals surface area contributed by atoms with E-state index in [1.165, 1.54) is 24.3 Å². The summed E-state index contributed by atoms with van der Waals surface area (Å²) in [5.41, 5.74) is 2.05. The number of rotatable bonds is 6. The Morgan fingerprint density at radius 3 is 2.67 bits per heavy atom. The summed E-state index contributed by atoms with van der Waals surface area (Å²) < 4.78 is 19.1. The highest BCUT2D eigenvalue weighted by molar-refractivity contribution is 9.10. The van der Waals surface area contributed by atoms with Gasteiger partial charge in [0.1, 0.15) is 24.3 Å². The third-order valence-corrected chi connectivity index (χ3v) is 4.03. The van der Waals surface area contributed by atoms with Crippen LogP contribution in [-0.2, 0) is 0 Å². The molecule has 0 aliphatic heterocycles. The maximum absolute atomic E-state index is 12.7. The van der Waals surface area contributed by atoms with E-state index in [2.05, 4.69) is 21.2 Å². The van der Waals surface area contributed by atoms with Gasteiger partial charge in [0, 0.05) is 16.7 Å². The molecule has 0 aromatic heterocycles. The standard InChI is InChI=1S/C16H17BrFNO2/c1-11-3-2-4-15(16(11)17)19-9-13(20)10-21-14-7-5-12(18)6-8-14/h2-8,13,19-20H,9-10H2,1H3. The first-order valence-electron chi connectivity index (χ1n) is 6.61. The van der Waals surface area contributed by atoms with Gasteiger partial charge in [-0.25, -0.2) is 4.39 Å². The molecule has 21 heavy (non-hydrogen) atoms. The number of anilines is 1. The highest BCUT2D eigenvalue weighted by atomic mass is 79.9. The van der Waals surface area contributed by atoms with E-state index >= 15 is 0 Å². The van der Waals surface area contributed by atoms with E-state index in [1.807, 2.05) is 25.1 Å². The Morgan fingerprint density at radius 2 is 1.95 bits per heavy atom. The summed E-state index contributed by atoms with van der Waals surface area (Å²) in [4.78, 5) is 0. The zero-order valence-corrected chi connectivity index (χ0v) is 13.2. The Kier molecular flexibility index (Phi) is 5.59. The lowest BCUT2D eigenvalue weighted by atomic mass is 10.2. The lowest BCUT2D eigenvalue weighted by Crippen LogP contribution is -2.26. The summed E-state index contributed by atoms with van der Waals surface area (Å²) in [5.74, 6) is 0.223. The maximum atomic E-state index is 12.7. The number of ether oxygens (including phenoxy) is 1. The van der Waals surface area contributed by atoms with Gasteiger partial charge in [-0.1, -0.05) is 12.1 Å². The number of benzene rings is 2. The van der Waals surface area contributed by atoms with Crippen LogP contribution < -0.4 is 10.1 Å². The molecule has 0 heterocycles. The van der Waals surface area contributed by atoms with Crippen molar-refractivity contribution in [3.05, 3.63) is 58.3 Å². The fourth-order valence-electron chi connectivity index (χ4n) is 1.79. The Hall–Kier alpha value is -1.59. The van der Waals surface area contributed by atoms with Crippen LogP contribution in [0.4, 0.5) is 10.1 Å². The third kappa shape index (κ3) is 4.72. The van der Waals surface area contributed by atoms with Gasteiger partial charge in [-0.2, -0.15) is 0 Å². The van der Waals surface area contributed by atoms with Crippen molar-refractivity contribution in [2.75, 3.05) is 18.5 Å². The molecule has 2 rings (SSSR count). The van der Waals surface area contributed by atoms with Gasteiger partial charge in [0.25, 0.3) is 0 Å². The second-order valence-electron chi connectivity index (χ2n) is 4.74. The van der Waals surface area contributed by atoms with Crippen LogP contribution in [0.25, 0.3) is 0 Å². The van der Waals surface area contributed by atoms with E-state index in [0.29, 0.717) is 12.3 Å². The molecule has 0 bridgehead atoms. The molecule has 2 aromatic rings. The topological polar surface area (TPSA) is 41.5 Å². The molecule has 0 radical (unpaired) electrons. The molecule has 112 valence electrons. The van der Waals surface area contributed by atoms with Gasteiger partial charge >= 0.3 is 0 Å². The molecule has 2 N–H and O–H groups in total. The van der Waals surface area contributed by atoms with Gasteiger partial charge in [-0.05, 0) is 58.7 Å². The van der Waals surface area contributed by atoms with Gasteiger partial charge in [-0.3, -0.25) is 0 Å². The van der Waals surface area contributed by atoms with E-state index in [0.717, 1.165) is 15.7 Å². The zero-order valence-electron chi connectivity index (χ0n) is 11.6. The quantitative estimate of drug-likeness (QED) is 0.830. The Balaban J connectivity index is 1.80. The van der Waals surface area contributed by atoms with E-state index < -0.39 is 6.10 Å². The third-order valence-electron chi connectivity index (χ3n) is 2.98. The molecule has 2 aromatic carbocycles. The van der Waals surface area contributed by atoms with Gasteiger partial charge in [0.05, 0.1) is 0 Å². The van der Waals surface area contributed by atoms with Crippen LogP contribution in [0.1, 0.15) is 5.56 Å².